The van der Waals surface area contributed by atoms with Crippen LogP contribution in [0.2, 0.25) is 0 Å². The minimum absolute atomic E-state index is 0.0974. The molecule has 0 saturated heterocycles. The highest BCUT2D eigenvalue weighted by molar-refractivity contribution is 5.86. The number of unbranched alkanes of at least 4 members (excludes halogenated alkanes) is 9. The van der Waals surface area contributed by atoms with Gasteiger partial charge in [0.25, 0.3) is 0 Å². The van der Waals surface area contributed by atoms with Gasteiger partial charge in [-0.1, -0.05) is 58.3 Å². The van der Waals surface area contributed by atoms with E-state index in [1.54, 1.807) is 0 Å². The molecule has 0 aromatic heterocycles. The number of carboxylic acid groups (broad SMARTS) is 3. The molecule has 0 heterocycles. The van der Waals surface area contributed by atoms with Crippen LogP contribution in [-0.2, 0) is 24.0 Å². The van der Waals surface area contributed by atoms with Crippen molar-refractivity contribution in [2.24, 2.45) is 5.73 Å². The fourth-order valence-electron chi connectivity index (χ4n) is 3.41. The van der Waals surface area contributed by atoms with Gasteiger partial charge in [0.2, 0.25) is 11.8 Å². The molecule has 0 aliphatic carbocycles. The SMILES string of the molecule is CCCCCCCCCCCC(=O)N[C@H](CCC(=O)N[C@H](CCCCN)C(=O)O)C(=O)O.O=C(O)C(F)(F)F. The van der Waals surface area contributed by atoms with Gasteiger partial charge in [-0.3, -0.25) is 9.59 Å². The van der Waals surface area contributed by atoms with Gasteiger partial charge in [-0.05, 0) is 38.6 Å². The minimum Gasteiger partial charge on any atom is -0.480 e. The molecule has 0 saturated carbocycles. The van der Waals surface area contributed by atoms with Crippen molar-refractivity contribution in [3.8, 4) is 0 Å². The smallest absolute Gasteiger partial charge is 0.480 e. The van der Waals surface area contributed by atoms with Gasteiger partial charge in [-0.2, -0.15) is 13.2 Å². The van der Waals surface area contributed by atoms with E-state index in [-0.39, 0.29) is 31.6 Å². The molecule has 0 radical (unpaired) electrons. The summed E-state index contributed by atoms with van der Waals surface area (Å²) in [6.45, 7) is 2.63. The van der Waals surface area contributed by atoms with Crippen LogP contribution in [-0.4, -0.2) is 69.8 Å². The lowest BCUT2D eigenvalue weighted by Gasteiger charge is -2.17. The van der Waals surface area contributed by atoms with Crippen LogP contribution in [0.3, 0.4) is 0 Å². The molecule has 2 amide bonds. The van der Waals surface area contributed by atoms with Crippen molar-refractivity contribution in [2.45, 2.75) is 121 Å². The molecule has 2 atom stereocenters. The van der Waals surface area contributed by atoms with E-state index in [0.29, 0.717) is 25.8 Å². The number of halogens is 3. The third kappa shape index (κ3) is 23.9. The van der Waals surface area contributed by atoms with Gasteiger partial charge in [0.1, 0.15) is 12.1 Å². The molecule has 228 valence electrons. The number of hydrogen-bond acceptors (Lipinski definition) is 6. The number of aliphatic carboxylic acids is 3. The normalized spacial score (nSPS) is 12.4. The second-order valence-electron chi connectivity index (χ2n) is 9.12. The van der Waals surface area contributed by atoms with E-state index >= 15 is 0 Å². The molecule has 0 aromatic rings. The maximum atomic E-state index is 12.1. The summed E-state index contributed by atoms with van der Waals surface area (Å²) in [5.41, 5.74) is 5.39. The number of hydrogen-bond donors (Lipinski definition) is 6. The lowest BCUT2D eigenvalue weighted by molar-refractivity contribution is -0.192. The number of nitrogens with one attached hydrogen (secondary N) is 2. The summed E-state index contributed by atoms with van der Waals surface area (Å²) in [4.78, 5) is 55.7. The average molecular weight is 572 g/mol. The van der Waals surface area contributed by atoms with E-state index in [0.717, 1.165) is 19.3 Å². The van der Waals surface area contributed by atoms with E-state index in [1.165, 1.54) is 32.1 Å². The zero-order valence-electron chi connectivity index (χ0n) is 22.6. The van der Waals surface area contributed by atoms with Gasteiger partial charge >= 0.3 is 24.1 Å². The molecular formula is C25H44F3N3O8. The monoisotopic (exact) mass is 571 g/mol. The average Bonchev–Trinajstić information content (AvgIpc) is 2.84. The van der Waals surface area contributed by atoms with Crippen molar-refractivity contribution >= 4 is 29.7 Å². The Morgan fingerprint density at radius 1 is 0.667 bits per heavy atom. The van der Waals surface area contributed by atoms with Crippen LogP contribution < -0.4 is 16.4 Å². The molecule has 39 heavy (non-hydrogen) atoms. The Morgan fingerprint density at radius 2 is 1.08 bits per heavy atom. The van der Waals surface area contributed by atoms with Gasteiger partial charge in [-0.25, -0.2) is 14.4 Å². The van der Waals surface area contributed by atoms with Gasteiger partial charge in [-0.15, -0.1) is 0 Å². The summed E-state index contributed by atoms with van der Waals surface area (Å²) < 4.78 is 31.7. The Balaban J connectivity index is 0. The van der Waals surface area contributed by atoms with Crippen molar-refractivity contribution < 1.29 is 52.5 Å². The van der Waals surface area contributed by atoms with Crippen molar-refractivity contribution in [1.82, 2.24) is 10.6 Å². The summed E-state index contributed by atoms with van der Waals surface area (Å²) in [5, 5.41) is 30.5. The Bertz CT molecular complexity index is 736. The standard InChI is InChI=1S/C23H43N3O6.C2HF3O2/c1-2-3-4-5-6-7-8-9-10-14-20(27)26-19(23(31)32)15-16-21(28)25-18(22(29)30)13-11-12-17-24;3-2(4,5)1(6)7/h18-19H,2-17,24H2,1H3,(H,25,28)(H,26,27)(H,29,30)(H,31,32);(H,6,7)/t18-,19-;/m1./s1. The second-order valence-corrected chi connectivity index (χ2v) is 9.12. The van der Waals surface area contributed by atoms with Crippen LogP contribution in [0.1, 0.15) is 103 Å². The fraction of sp³-hybridized carbons (Fsp3) is 0.800. The van der Waals surface area contributed by atoms with Crippen LogP contribution in [0.25, 0.3) is 0 Å². The molecule has 0 aromatic carbocycles. The van der Waals surface area contributed by atoms with E-state index in [4.69, 9.17) is 15.6 Å². The molecule has 0 unspecified atom stereocenters. The summed E-state index contributed by atoms with van der Waals surface area (Å²) in [7, 11) is 0. The quantitative estimate of drug-likeness (QED) is 0.112. The first-order chi connectivity index (χ1) is 18.3. The molecule has 0 aliphatic rings. The van der Waals surface area contributed by atoms with Crippen molar-refractivity contribution in [3.05, 3.63) is 0 Å². The van der Waals surface area contributed by atoms with Gasteiger partial charge in [0, 0.05) is 12.8 Å². The number of carboxylic acids is 3. The second kappa shape index (κ2) is 23.0. The molecule has 11 nitrogen and oxygen atoms in total. The predicted octanol–water partition coefficient (Wildman–Crippen LogP) is 3.59. The lowest BCUT2D eigenvalue weighted by atomic mass is 10.1. The summed E-state index contributed by atoms with van der Waals surface area (Å²) in [6, 6.07) is -2.20. The number of amides is 2. The highest BCUT2D eigenvalue weighted by atomic mass is 19.4. The van der Waals surface area contributed by atoms with E-state index in [1.807, 2.05) is 0 Å². The van der Waals surface area contributed by atoms with E-state index < -0.39 is 42.1 Å². The van der Waals surface area contributed by atoms with Crippen LogP contribution in [0.15, 0.2) is 0 Å². The Labute approximate surface area is 227 Å². The van der Waals surface area contributed by atoms with Crippen LogP contribution in [0.4, 0.5) is 13.2 Å². The summed E-state index contributed by atoms with van der Waals surface area (Å²) in [5.74, 6) is -6.00. The van der Waals surface area contributed by atoms with Gasteiger partial charge in [0.15, 0.2) is 0 Å². The van der Waals surface area contributed by atoms with Crippen LogP contribution in [0.5, 0.6) is 0 Å². The predicted molar refractivity (Wildman–Crippen MR) is 137 cm³/mol. The molecule has 0 rings (SSSR count). The molecule has 0 bridgehead atoms. The Kier molecular flexibility index (Phi) is 22.6. The topological polar surface area (TPSA) is 196 Å². The lowest BCUT2D eigenvalue weighted by Crippen LogP contribution is -2.43. The largest absolute Gasteiger partial charge is 0.490 e. The van der Waals surface area contributed by atoms with Crippen molar-refractivity contribution in [2.75, 3.05) is 6.54 Å². The highest BCUT2D eigenvalue weighted by Gasteiger charge is 2.38. The molecule has 0 spiro atoms. The summed E-state index contributed by atoms with van der Waals surface area (Å²) >= 11 is 0. The first-order valence-electron chi connectivity index (χ1n) is 13.3. The molecule has 0 fully saturated rings. The Hall–Kier alpha value is -2.90. The summed E-state index contributed by atoms with van der Waals surface area (Å²) in [6.07, 6.45) is 6.49. The highest BCUT2D eigenvalue weighted by Crippen LogP contribution is 2.13. The molecule has 7 N–H and O–H groups in total. The van der Waals surface area contributed by atoms with Gasteiger partial charge < -0.3 is 31.7 Å². The zero-order valence-corrected chi connectivity index (χ0v) is 22.6. The van der Waals surface area contributed by atoms with E-state index in [2.05, 4.69) is 17.6 Å². The number of alkyl halides is 3. The zero-order chi connectivity index (χ0) is 30.3. The number of nitrogens with two attached hydrogens (primary N) is 1. The Morgan fingerprint density at radius 3 is 1.49 bits per heavy atom. The number of rotatable bonds is 21. The number of carbonyl (C=O) groups is 5. The maximum Gasteiger partial charge on any atom is 0.490 e. The maximum absolute atomic E-state index is 12.1. The first kappa shape index (κ1) is 38.2. The van der Waals surface area contributed by atoms with Crippen molar-refractivity contribution in [3.63, 3.8) is 0 Å². The van der Waals surface area contributed by atoms with Crippen LogP contribution >= 0.6 is 0 Å². The fourth-order valence-corrected chi connectivity index (χ4v) is 3.41. The molecule has 14 heteroatoms. The first-order valence-corrected chi connectivity index (χ1v) is 13.3. The minimum atomic E-state index is -5.08. The molecule has 0 aliphatic heterocycles. The van der Waals surface area contributed by atoms with Gasteiger partial charge in [0.05, 0.1) is 0 Å². The number of carbonyl (C=O) groups excluding carboxylic acids is 2. The third-order valence-corrected chi connectivity index (χ3v) is 5.62. The molecular weight excluding hydrogens is 527 g/mol. The van der Waals surface area contributed by atoms with Crippen molar-refractivity contribution in [1.29, 1.82) is 0 Å². The van der Waals surface area contributed by atoms with E-state index in [9.17, 15) is 42.6 Å². The van der Waals surface area contributed by atoms with Crippen LogP contribution in [0, 0.1) is 0 Å². The third-order valence-electron chi connectivity index (χ3n) is 5.62.